The predicted octanol–water partition coefficient (Wildman–Crippen LogP) is 3.15. The van der Waals surface area contributed by atoms with Gasteiger partial charge in [0.15, 0.2) is 0 Å². The molecule has 0 heterocycles. The third kappa shape index (κ3) is 4.79. The van der Waals surface area contributed by atoms with Crippen LogP contribution in [0.25, 0.3) is 0 Å². The zero-order chi connectivity index (χ0) is 21.9. The summed E-state index contributed by atoms with van der Waals surface area (Å²) in [6.07, 6.45) is 4.86. The van der Waals surface area contributed by atoms with E-state index in [0.29, 0.717) is 29.8 Å². The van der Waals surface area contributed by atoms with Gasteiger partial charge in [-0.25, -0.2) is 9.38 Å². The summed E-state index contributed by atoms with van der Waals surface area (Å²) < 4.78 is 47.0. The molecule has 1 saturated carbocycles. The van der Waals surface area contributed by atoms with Crippen molar-refractivity contribution < 1.29 is 26.5 Å². The van der Waals surface area contributed by atoms with Crippen LogP contribution in [0.4, 0.5) is 10.1 Å². The highest BCUT2D eigenvalue weighted by Gasteiger charge is 2.51. The van der Waals surface area contributed by atoms with E-state index in [2.05, 4.69) is 4.99 Å². The number of ether oxygens (including phenoxy) is 1. The minimum atomic E-state index is -3.67. The number of aliphatic imine (C=N–C) groups is 1. The van der Waals surface area contributed by atoms with Gasteiger partial charge in [0.1, 0.15) is 5.82 Å². The van der Waals surface area contributed by atoms with Gasteiger partial charge in [0.2, 0.25) is 0 Å². The molecule has 0 saturated heterocycles. The van der Waals surface area contributed by atoms with Gasteiger partial charge in [-0.1, -0.05) is 5.57 Å². The summed E-state index contributed by atoms with van der Waals surface area (Å²) in [6.45, 7) is 1.92. The number of fused-ring (bicyclic) bond motifs is 1. The van der Waals surface area contributed by atoms with Crippen LogP contribution in [0.1, 0.15) is 32.6 Å². The molecule has 0 aliphatic heterocycles. The van der Waals surface area contributed by atoms with E-state index < -0.39 is 27.6 Å². The van der Waals surface area contributed by atoms with Crippen LogP contribution < -0.4 is 5.73 Å². The van der Waals surface area contributed by atoms with Crippen molar-refractivity contribution in [3.63, 3.8) is 0 Å². The van der Waals surface area contributed by atoms with E-state index in [-0.39, 0.29) is 25.3 Å². The molecule has 0 unspecified atom stereocenters. The molecule has 1 fully saturated rings. The predicted molar refractivity (Wildman–Crippen MR) is 111 cm³/mol. The number of nitrogens with two attached hydrogens (primary N) is 1. The molecule has 9 heteroatoms. The summed E-state index contributed by atoms with van der Waals surface area (Å²) >= 11 is 0. The highest BCUT2D eigenvalue weighted by molar-refractivity contribution is 7.86. The molecule has 0 bridgehead atoms. The molecule has 3 rings (SSSR count). The fourth-order valence-corrected chi connectivity index (χ4v) is 4.69. The fraction of sp³-hybridized carbons (Fsp3) is 0.429. The smallest absolute Gasteiger partial charge is 0.316 e. The van der Waals surface area contributed by atoms with Crippen molar-refractivity contribution in [1.82, 2.24) is 0 Å². The van der Waals surface area contributed by atoms with Crippen molar-refractivity contribution in [1.29, 1.82) is 0 Å². The summed E-state index contributed by atoms with van der Waals surface area (Å²) in [7, 11) is -3.67. The zero-order valence-electron chi connectivity index (χ0n) is 16.9. The molecule has 1 aromatic carbocycles. The Morgan fingerprint density at radius 1 is 1.37 bits per heavy atom. The molecule has 2 aliphatic carbocycles. The average Bonchev–Trinajstić information content (AvgIpc) is 2.68. The minimum absolute atomic E-state index is 0.173. The van der Waals surface area contributed by atoms with Gasteiger partial charge in [-0.05, 0) is 74.7 Å². The molecule has 7 nitrogen and oxygen atoms in total. The Morgan fingerprint density at radius 3 is 2.67 bits per heavy atom. The molecule has 0 radical (unpaired) electrons. The van der Waals surface area contributed by atoms with Crippen LogP contribution in [0.15, 0.2) is 52.7 Å². The SMILES string of the molecule is CCOC(=O)[C@]12CC(=CN)C(=Nc3ccc(F)cc3)C=C1CC[C@@H](OS(C)(=O)=O)C2. The number of hydrogen-bond acceptors (Lipinski definition) is 7. The van der Waals surface area contributed by atoms with Gasteiger partial charge in [0.05, 0.1) is 35.8 Å². The highest BCUT2D eigenvalue weighted by Crippen LogP contribution is 2.50. The lowest BCUT2D eigenvalue weighted by atomic mass is 9.62. The lowest BCUT2D eigenvalue weighted by Gasteiger charge is -2.43. The molecular formula is C21H25FN2O5S. The molecule has 2 atom stereocenters. The second-order valence-corrected chi connectivity index (χ2v) is 9.08. The maximum absolute atomic E-state index is 13.2. The number of carbonyl (C=O) groups excluding carboxylic acids is 1. The summed E-state index contributed by atoms with van der Waals surface area (Å²) in [5, 5.41) is 0. The number of nitrogens with zero attached hydrogens (tertiary/aromatic N) is 1. The third-order valence-corrected chi connectivity index (χ3v) is 5.93. The first-order chi connectivity index (χ1) is 14.2. The minimum Gasteiger partial charge on any atom is -0.465 e. The Kier molecular flexibility index (Phi) is 6.42. The van der Waals surface area contributed by atoms with Gasteiger partial charge in [-0.15, -0.1) is 0 Å². The van der Waals surface area contributed by atoms with Crippen LogP contribution in [-0.2, 0) is 23.8 Å². The molecular weight excluding hydrogens is 411 g/mol. The van der Waals surface area contributed by atoms with E-state index in [1.54, 1.807) is 25.1 Å². The van der Waals surface area contributed by atoms with Crippen LogP contribution in [-0.4, -0.2) is 39.1 Å². The Morgan fingerprint density at radius 2 is 2.07 bits per heavy atom. The van der Waals surface area contributed by atoms with Crippen molar-refractivity contribution in [3.8, 4) is 0 Å². The second kappa shape index (κ2) is 8.69. The van der Waals surface area contributed by atoms with Gasteiger partial charge >= 0.3 is 5.97 Å². The summed E-state index contributed by atoms with van der Waals surface area (Å²) in [5.74, 6) is -0.792. The molecule has 0 spiro atoms. The van der Waals surface area contributed by atoms with E-state index in [1.807, 2.05) is 0 Å². The number of halogens is 1. The van der Waals surface area contributed by atoms with Crippen LogP contribution in [0.3, 0.4) is 0 Å². The summed E-state index contributed by atoms with van der Waals surface area (Å²) in [5.41, 5.74) is 7.36. The number of carbonyl (C=O) groups is 1. The van der Waals surface area contributed by atoms with E-state index in [0.717, 1.165) is 11.8 Å². The summed E-state index contributed by atoms with van der Waals surface area (Å²) in [4.78, 5) is 17.6. The average molecular weight is 437 g/mol. The number of benzene rings is 1. The molecule has 1 aromatic rings. The standard InChI is InChI=1S/C21H25FN2O5S/c1-3-28-20(25)21-11-14(13-23)19(24-17-7-5-16(22)6-8-17)10-15(21)4-9-18(12-21)29-30(2,26)27/h5-8,10,13,18H,3-4,9,11-12,23H2,1-2H3/t18-,21+/m1/s1. The molecule has 162 valence electrons. The lowest BCUT2D eigenvalue weighted by molar-refractivity contribution is -0.155. The van der Waals surface area contributed by atoms with Crippen molar-refractivity contribution in [3.05, 3.63) is 53.5 Å². The van der Waals surface area contributed by atoms with E-state index in [1.165, 1.54) is 18.3 Å². The zero-order valence-corrected chi connectivity index (χ0v) is 17.7. The van der Waals surface area contributed by atoms with Gasteiger partial charge in [0, 0.05) is 0 Å². The molecule has 0 aromatic heterocycles. The van der Waals surface area contributed by atoms with E-state index in [9.17, 15) is 17.6 Å². The van der Waals surface area contributed by atoms with Gasteiger partial charge in [-0.2, -0.15) is 8.42 Å². The number of hydrogen-bond donors (Lipinski definition) is 1. The van der Waals surface area contributed by atoms with Crippen LogP contribution >= 0.6 is 0 Å². The van der Waals surface area contributed by atoms with Crippen molar-refractivity contribution >= 4 is 27.5 Å². The number of allylic oxidation sites excluding steroid dienone is 2. The Balaban J connectivity index is 2.04. The number of esters is 1. The summed E-state index contributed by atoms with van der Waals surface area (Å²) in [6, 6.07) is 5.74. The van der Waals surface area contributed by atoms with E-state index >= 15 is 0 Å². The Hall–Kier alpha value is -2.52. The molecule has 2 aliphatic rings. The first-order valence-corrected chi connectivity index (χ1v) is 11.5. The maximum atomic E-state index is 13.2. The topological polar surface area (TPSA) is 108 Å². The largest absolute Gasteiger partial charge is 0.465 e. The van der Waals surface area contributed by atoms with Gasteiger partial charge < -0.3 is 10.5 Å². The van der Waals surface area contributed by atoms with Crippen molar-refractivity contribution in [2.45, 2.75) is 38.7 Å². The maximum Gasteiger partial charge on any atom is 0.316 e. The highest BCUT2D eigenvalue weighted by atomic mass is 32.2. The van der Waals surface area contributed by atoms with E-state index in [4.69, 9.17) is 14.7 Å². The molecule has 0 amide bonds. The monoisotopic (exact) mass is 436 g/mol. The first kappa shape index (κ1) is 22.2. The Bertz CT molecular complexity index is 1010. The van der Waals surface area contributed by atoms with Crippen LogP contribution in [0.2, 0.25) is 0 Å². The van der Waals surface area contributed by atoms with Crippen LogP contribution in [0.5, 0.6) is 0 Å². The van der Waals surface area contributed by atoms with Crippen molar-refractivity contribution in [2.24, 2.45) is 16.1 Å². The van der Waals surface area contributed by atoms with Gasteiger partial charge in [0.25, 0.3) is 10.1 Å². The second-order valence-electron chi connectivity index (χ2n) is 7.48. The number of rotatable bonds is 5. The first-order valence-electron chi connectivity index (χ1n) is 9.69. The normalized spacial score (nSPS) is 26.9. The fourth-order valence-electron chi connectivity index (χ4n) is 4.04. The third-order valence-electron chi connectivity index (χ3n) is 5.31. The molecule has 30 heavy (non-hydrogen) atoms. The lowest BCUT2D eigenvalue weighted by Crippen LogP contribution is -2.45. The molecule has 2 N–H and O–H groups in total. The van der Waals surface area contributed by atoms with Crippen molar-refractivity contribution in [2.75, 3.05) is 12.9 Å². The van der Waals surface area contributed by atoms with Crippen LogP contribution in [0, 0.1) is 11.2 Å². The Labute approximate surface area is 175 Å². The van der Waals surface area contributed by atoms with Gasteiger partial charge in [-0.3, -0.25) is 8.98 Å². The quantitative estimate of drug-likeness (QED) is 0.561.